The molecule has 0 spiro atoms. The van der Waals surface area contributed by atoms with Gasteiger partial charge in [-0.2, -0.15) is 4.72 Å². The number of rotatable bonds is 10. The van der Waals surface area contributed by atoms with Gasteiger partial charge in [-0.3, -0.25) is 4.79 Å². The summed E-state index contributed by atoms with van der Waals surface area (Å²) in [7, 11) is -3.74. The van der Waals surface area contributed by atoms with Gasteiger partial charge in [-0.05, 0) is 37.1 Å². The molecule has 6 nitrogen and oxygen atoms in total. The lowest BCUT2D eigenvalue weighted by Crippen LogP contribution is -2.27. The van der Waals surface area contributed by atoms with Gasteiger partial charge >= 0.3 is 0 Å². The van der Waals surface area contributed by atoms with E-state index in [1.54, 1.807) is 6.07 Å². The molecule has 2 rings (SSSR count). The van der Waals surface area contributed by atoms with E-state index in [4.69, 9.17) is 11.2 Å². The van der Waals surface area contributed by atoms with Crippen LogP contribution in [-0.2, 0) is 14.8 Å². The summed E-state index contributed by atoms with van der Waals surface area (Å²) in [5.41, 5.74) is 1.37. The maximum absolute atomic E-state index is 12.3. The lowest BCUT2D eigenvalue weighted by Gasteiger charge is -2.13. The second-order valence-electron chi connectivity index (χ2n) is 6.09. The largest absolute Gasteiger partial charge is 0.374 e. The second kappa shape index (κ2) is 10.6. The molecule has 0 heterocycles. The van der Waals surface area contributed by atoms with E-state index in [0.29, 0.717) is 19.6 Å². The monoisotopic (exact) mass is 400 g/mol. The highest BCUT2D eigenvalue weighted by Gasteiger charge is 2.15. The van der Waals surface area contributed by atoms with Crippen LogP contribution in [0.1, 0.15) is 35.4 Å². The maximum Gasteiger partial charge on any atom is 0.251 e. The van der Waals surface area contributed by atoms with Crippen LogP contribution >= 0.6 is 0 Å². The molecule has 2 aromatic rings. The van der Waals surface area contributed by atoms with E-state index in [1.165, 1.54) is 18.2 Å². The van der Waals surface area contributed by atoms with Gasteiger partial charge in [-0.25, -0.2) is 8.42 Å². The first-order valence-corrected chi connectivity index (χ1v) is 10.4. The number of carbonyl (C=O) groups is 1. The molecule has 0 aliphatic heterocycles. The number of carbonyl (C=O) groups excluding carboxylic acids is 1. The van der Waals surface area contributed by atoms with Crippen LogP contribution < -0.4 is 10.0 Å². The third-order valence-electron chi connectivity index (χ3n) is 4.01. The molecular weight excluding hydrogens is 376 g/mol. The van der Waals surface area contributed by atoms with Crippen molar-refractivity contribution in [1.82, 2.24) is 10.0 Å². The molecule has 0 saturated carbocycles. The minimum Gasteiger partial charge on any atom is -0.374 e. The molecule has 1 atom stereocenters. The average molecular weight is 401 g/mol. The summed E-state index contributed by atoms with van der Waals surface area (Å²) in [5.74, 6) is 1.87. The van der Waals surface area contributed by atoms with Gasteiger partial charge in [0.2, 0.25) is 10.0 Å². The van der Waals surface area contributed by atoms with Crippen LogP contribution in [0.25, 0.3) is 0 Å². The van der Waals surface area contributed by atoms with Crippen LogP contribution in [-0.4, -0.2) is 34.0 Å². The topological polar surface area (TPSA) is 84.5 Å². The quantitative estimate of drug-likeness (QED) is 0.474. The Morgan fingerprint density at radius 1 is 1.18 bits per heavy atom. The Bertz CT molecular complexity index is 921. The minimum atomic E-state index is -3.74. The van der Waals surface area contributed by atoms with Gasteiger partial charge in [0.15, 0.2) is 0 Å². The van der Waals surface area contributed by atoms with Crippen molar-refractivity contribution in [3.8, 4) is 12.3 Å². The smallest absolute Gasteiger partial charge is 0.251 e. The fourth-order valence-electron chi connectivity index (χ4n) is 2.48. The van der Waals surface area contributed by atoms with E-state index in [-0.39, 0.29) is 29.0 Å². The van der Waals surface area contributed by atoms with Crippen molar-refractivity contribution in [2.24, 2.45) is 0 Å². The maximum atomic E-state index is 12.3. The zero-order chi connectivity index (χ0) is 20.4. The average Bonchev–Trinajstić information content (AvgIpc) is 2.72. The number of benzene rings is 2. The summed E-state index contributed by atoms with van der Waals surface area (Å²) in [6.07, 6.45) is 5.70. The Kier molecular flexibility index (Phi) is 8.20. The summed E-state index contributed by atoms with van der Waals surface area (Å²) in [6.45, 7) is 2.79. The number of ether oxygens (including phenoxy) is 1. The van der Waals surface area contributed by atoms with Crippen LogP contribution in [0.2, 0.25) is 0 Å². The van der Waals surface area contributed by atoms with E-state index >= 15 is 0 Å². The van der Waals surface area contributed by atoms with E-state index in [1.807, 2.05) is 37.3 Å². The summed E-state index contributed by atoms with van der Waals surface area (Å²) in [5, 5.41) is 2.77. The van der Waals surface area contributed by atoms with Crippen LogP contribution in [0.4, 0.5) is 0 Å². The van der Waals surface area contributed by atoms with Crippen molar-refractivity contribution in [3.63, 3.8) is 0 Å². The molecular formula is C21H24N2O4S. The van der Waals surface area contributed by atoms with Crippen molar-refractivity contribution < 1.29 is 17.9 Å². The Morgan fingerprint density at radius 2 is 1.93 bits per heavy atom. The third kappa shape index (κ3) is 6.50. The first-order chi connectivity index (χ1) is 13.4. The number of nitrogens with one attached hydrogen (secondary N) is 2. The predicted molar refractivity (Wildman–Crippen MR) is 108 cm³/mol. The number of hydrogen-bond donors (Lipinski definition) is 2. The van der Waals surface area contributed by atoms with Crippen LogP contribution in [0.5, 0.6) is 0 Å². The molecule has 0 aromatic heterocycles. The van der Waals surface area contributed by atoms with Crippen molar-refractivity contribution in [2.75, 3.05) is 19.7 Å². The first kappa shape index (κ1) is 21.6. The number of hydrogen-bond acceptors (Lipinski definition) is 4. The van der Waals surface area contributed by atoms with Gasteiger partial charge in [0.05, 0.1) is 17.5 Å². The van der Waals surface area contributed by atoms with Crippen molar-refractivity contribution in [1.29, 1.82) is 0 Å². The highest BCUT2D eigenvalue weighted by molar-refractivity contribution is 7.89. The summed E-state index contributed by atoms with van der Waals surface area (Å²) in [6, 6.07) is 15.7. The molecule has 1 amide bonds. The predicted octanol–water partition coefficient (Wildman–Crippen LogP) is 2.50. The minimum absolute atomic E-state index is 0.00424. The summed E-state index contributed by atoms with van der Waals surface area (Å²) < 4.78 is 32.2. The molecule has 148 valence electrons. The van der Waals surface area contributed by atoms with Gasteiger partial charge in [0.1, 0.15) is 0 Å². The molecule has 0 fully saturated rings. The molecule has 0 bridgehead atoms. The molecule has 2 N–H and O–H groups in total. The molecule has 1 unspecified atom stereocenters. The molecule has 0 aliphatic carbocycles. The van der Waals surface area contributed by atoms with E-state index in [2.05, 4.69) is 16.0 Å². The SMILES string of the molecule is C#CCNS(=O)(=O)c1cccc(C(=O)NCCCOC(C)c2ccccc2)c1. The Balaban J connectivity index is 1.80. The Hall–Kier alpha value is -2.66. The molecule has 7 heteroatoms. The second-order valence-corrected chi connectivity index (χ2v) is 7.86. The Labute approximate surface area is 166 Å². The van der Waals surface area contributed by atoms with Crippen LogP contribution in [0, 0.1) is 12.3 Å². The standard InChI is InChI=1S/C21H24N2O4S/c1-3-13-23-28(25,26)20-12-7-11-19(16-20)21(24)22-14-8-15-27-17(2)18-9-5-4-6-10-18/h1,4-7,9-12,16-17,23H,8,13-15H2,2H3,(H,22,24). The van der Waals surface area contributed by atoms with Gasteiger partial charge in [0, 0.05) is 18.7 Å². The Morgan fingerprint density at radius 3 is 2.64 bits per heavy atom. The normalized spacial score (nSPS) is 12.1. The van der Waals surface area contributed by atoms with Crippen LogP contribution in [0.3, 0.4) is 0 Å². The highest BCUT2D eigenvalue weighted by atomic mass is 32.2. The zero-order valence-corrected chi connectivity index (χ0v) is 16.5. The number of sulfonamides is 1. The molecule has 2 aromatic carbocycles. The van der Waals surface area contributed by atoms with Crippen molar-refractivity contribution in [2.45, 2.75) is 24.3 Å². The van der Waals surface area contributed by atoms with E-state index < -0.39 is 10.0 Å². The summed E-state index contributed by atoms with van der Waals surface area (Å²) >= 11 is 0. The van der Waals surface area contributed by atoms with Crippen molar-refractivity contribution in [3.05, 3.63) is 65.7 Å². The zero-order valence-electron chi connectivity index (χ0n) is 15.7. The van der Waals surface area contributed by atoms with Gasteiger partial charge < -0.3 is 10.1 Å². The lowest BCUT2D eigenvalue weighted by atomic mass is 10.1. The fourth-order valence-corrected chi connectivity index (χ4v) is 3.46. The number of terminal acetylenes is 1. The van der Waals surface area contributed by atoms with E-state index in [9.17, 15) is 13.2 Å². The van der Waals surface area contributed by atoms with Gasteiger partial charge in [-0.15, -0.1) is 6.42 Å². The van der Waals surface area contributed by atoms with Gasteiger partial charge in [0.25, 0.3) is 5.91 Å². The molecule has 0 radical (unpaired) electrons. The highest BCUT2D eigenvalue weighted by Crippen LogP contribution is 2.16. The molecule has 0 saturated heterocycles. The van der Waals surface area contributed by atoms with Gasteiger partial charge in [-0.1, -0.05) is 42.3 Å². The van der Waals surface area contributed by atoms with E-state index in [0.717, 1.165) is 5.56 Å². The van der Waals surface area contributed by atoms with Crippen molar-refractivity contribution >= 4 is 15.9 Å². The third-order valence-corrected chi connectivity index (χ3v) is 5.41. The first-order valence-electron chi connectivity index (χ1n) is 8.92. The molecule has 0 aliphatic rings. The lowest BCUT2D eigenvalue weighted by molar-refractivity contribution is 0.0635. The van der Waals surface area contributed by atoms with Crippen LogP contribution in [0.15, 0.2) is 59.5 Å². The summed E-state index contributed by atoms with van der Waals surface area (Å²) in [4.78, 5) is 12.3. The number of amides is 1. The fraction of sp³-hybridized carbons (Fsp3) is 0.286. The molecule has 28 heavy (non-hydrogen) atoms.